The summed E-state index contributed by atoms with van der Waals surface area (Å²) in [4.78, 5) is 24.4. The number of carbonyl (C=O) groups is 1. The Kier molecular flexibility index (Phi) is 3.35. The minimum Gasteiger partial charge on any atom is -0.422 e. The molecule has 0 bridgehead atoms. The molecule has 1 aromatic heterocycles. The van der Waals surface area contributed by atoms with Gasteiger partial charge in [0.25, 0.3) is 0 Å². The minimum absolute atomic E-state index is 0.00798. The standard InChI is InChI=1S/C17H11ClO3/c1-10-2-4-11(5-3-10)16(19)14-9-12-8-13(18)6-7-15(12)21-17(14)20/h2-9H,1H3. The maximum absolute atomic E-state index is 12.4. The minimum atomic E-state index is -0.643. The first-order valence-electron chi connectivity index (χ1n) is 6.39. The van der Waals surface area contributed by atoms with Crippen molar-refractivity contribution < 1.29 is 9.21 Å². The summed E-state index contributed by atoms with van der Waals surface area (Å²) in [5.74, 6) is -0.356. The maximum atomic E-state index is 12.4. The molecule has 1 heterocycles. The molecule has 104 valence electrons. The summed E-state index contributed by atoms with van der Waals surface area (Å²) >= 11 is 5.92. The molecule has 0 aliphatic carbocycles. The number of ketones is 1. The fourth-order valence-corrected chi connectivity index (χ4v) is 2.29. The molecule has 0 unspecified atom stereocenters. The monoisotopic (exact) mass is 298 g/mol. The molecule has 0 N–H and O–H groups in total. The molecule has 0 amide bonds. The van der Waals surface area contributed by atoms with Gasteiger partial charge in [-0.15, -0.1) is 0 Å². The van der Waals surface area contributed by atoms with Crippen LogP contribution in [0.3, 0.4) is 0 Å². The normalized spacial score (nSPS) is 10.8. The van der Waals surface area contributed by atoms with Crippen molar-refractivity contribution >= 4 is 28.4 Å². The summed E-state index contributed by atoms with van der Waals surface area (Å²) in [5.41, 5.74) is 1.27. The summed E-state index contributed by atoms with van der Waals surface area (Å²) in [6, 6.07) is 13.5. The molecule has 0 atom stereocenters. The quantitative estimate of drug-likeness (QED) is 0.531. The van der Waals surface area contributed by atoms with Gasteiger partial charge in [-0.3, -0.25) is 4.79 Å². The molecule has 0 saturated heterocycles. The van der Waals surface area contributed by atoms with Gasteiger partial charge in [0, 0.05) is 16.0 Å². The zero-order valence-electron chi connectivity index (χ0n) is 11.2. The first-order valence-corrected chi connectivity index (χ1v) is 6.77. The van der Waals surface area contributed by atoms with Crippen molar-refractivity contribution in [1.29, 1.82) is 0 Å². The Morgan fingerprint density at radius 2 is 1.76 bits per heavy atom. The van der Waals surface area contributed by atoms with Crippen molar-refractivity contribution in [3.8, 4) is 0 Å². The van der Waals surface area contributed by atoms with E-state index in [2.05, 4.69) is 0 Å². The second kappa shape index (κ2) is 5.19. The Labute approximate surface area is 125 Å². The van der Waals surface area contributed by atoms with Gasteiger partial charge in [-0.1, -0.05) is 41.4 Å². The zero-order chi connectivity index (χ0) is 15.0. The van der Waals surface area contributed by atoms with Crippen molar-refractivity contribution in [3.05, 3.63) is 80.7 Å². The zero-order valence-corrected chi connectivity index (χ0v) is 12.0. The average Bonchev–Trinajstić information content (AvgIpc) is 2.47. The van der Waals surface area contributed by atoms with Crippen molar-refractivity contribution in [2.75, 3.05) is 0 Å². The van der Waals surface area contributed by atoms with Gasteiger partial charge < -0.3 is 4.42 Å². The predicted molar refractivity (Wildman–Crippen MR) is 82.1 cm³/mol. The van der Waals surface area contributed by atoms with Gasteiger partial charge in [0.15, 0.2) is 5.78 Å². The van der Waals surface area contributed by atoms with Crippen LogP contribution in [0.1, 0.15) is 21.5 Å². The topological polar surface area (TPSA) is 47.3 Å². The van der Waals surface area contributed by atoms with Crippen molar-refractivity contribution in [1.82, 2.24) is 0 Å². The van der Waals surface area contributed by atoms with Crippen LogP contribution in [0.25, 0.3) is 11.0 Å². The molecule has 0 spiro atoms. The fourth-order valence-electron chi connectivity index (χ4n) is 2.11. The number of hydrogen-bond donors (Lipinski definition) is 0. The molecular formula is C17H11ClO3. The summed E-state index contributed by atoms with van der Waals surface area (Å²) in [5, 5.41) is 1.14. The number of carbonyl (C=O) groups excluding carboxylic acids is 1. The maximum Gasteiger partial charge on any atom is 0.347 e. The van der Waals surface area contributed by atoms with Gasteiger partial charge in [0.05, 0.1) is 0 Å². The Morgan fingerprint density at radius 3 is 2.48 bits per heavy atom. The smallest absolute Gasteiger partial charge is 0.347 e. The van der Waals surface area contributed by atoms with Crippen LogP contribution >= 0.6 is 11.6 Å². The van der Waals surface area contributed by atoms with Gasteiger partial charge >= 0.3 is 5.63 Å². The Bertz CT molecular complexity index is 892. The molecule has 0 radical (unpaired) electrons. The van der Waals surface area contributed by atoms with E-state index in [1.54, 1.807) is 30.3 Å². The van der Waals surface area contributed by atoms with Crippen molar-refractivity contribution in [3.63, 3.8) is 0 Å². The Morgan fingerprint density at radius 1 is 1.05 bits per heavy atom. The SMILES string of the molecule is Cc1ccc(C(=O)c2cc3cc(Cl)ccc3oc2=O)cc1. The largest absolute Gasteiger partial charge is 0.422 e. The summed E-state index contributed by atoms with van der Waals surface area (Å²) in [6.45, 7) is 1.93. The molecule has 0 aliphatic heterocycles. The third-order valence-corrected chi connectivity index (χ3v) is 3.49. The summed E-state index contributed by atoms with van der Waals surface area (Å²) in [7, 11) is 0. The second-order valence-electron chi connectivity index (χ2n) is 4.82. The van der Waals surface area contributed by atoms with Gasteiger partial charge in [0.2, 0.25) is 0 Å². The van der Waals surface area contributed by atoms with E-state index in [1.165, 1.54) is 6.07 Å². The van der Waals surface area contributed by atoms with Crippen LogP contribution in [0.5, 0.6) is 0 Å². The Balaban J connectivity index is 2.15. The van der Waals surface area contributed by atoms with E-state index in [-0.39, 0.29) is 11.3 Å². The molecule has 0 fully saturated rings. The number of benzene rings is 2. The lowest BCUT2D eigenvalue weighted by Crippen LogP contribution is -2.14. The van der Waals surface area contributed by atoms with Crippen LogP contribution in [0.15, 0.2) is 57.7 Å². The van der Waals surface area contributed by atoms with Gasteiger partial charge in [-0.2, -0.15) is 0 Å². The third-order valence-electron chi connectivity index (χ3n) is 3.25. The van der Waals surface area contributed by atoms with E-state index in [0.717, 1.165) is 5.56 Å². The predicted octanol–water partition coefficient (Wildman–Crippen LogP) is 3.99. The van der Waals surface area contributed by atoms with E-state index < -0.39 is 5.63 Å². The molecule has 3 rings (SSSR count). The Hall–Kier alpha value is -2.39. The number of rotatable bonds is 2. The highest BCUT2D eigenvalue weighted by Crippen LogP contribution is 2.20. The summed E-state index contributed by atoms with van der Waals surface area (Å²) < 4.78 is 5.18. The number of fused-ring (bicyclic) bond motifs is 1. The van der Waals surface area contributed by atoms with Gasteiger partial charge in [-0.25, -0.2) is 4.79 Å². The van der Waals surface area contributed by atoms with Crippen LogP contribution in [-0.4, -0.2) is 5.78 Å². The molecule has 2 aromatic carbocycles. The molecule has 3 nitrogen and oxygen atoms in total. The van der Waals surface area contributed by atoms with Crippen LogP contribution in [-0.2, 0) is 0 Å². The number of halogens is 1. The van der Waals surface area contributed by atoms with E-state index in [1.807, 2.05) is 19.1 Å². The highest BCUT2D eigenvalue weighted by Gasteiger charge is 2.15. The first-order chi connectivity index (χ1) is 10.0. The lowest BCUT2D eigenvalue weighted by Gasteiger charge is -2.03. The molecule has 0 saturated carbocycles. The van der Waals surface area contributed by atoms with Crippen molar-refractivity contribution in [2.45, 2.75) is 6.92 Å². The van der Waals surface area contributed by atoms with E-state index >= 15 is 0 Å². The van der Waals surface area contributed by atoms with Crippen molar-refractivity contribution in [2.24, 2.45) is 0 Å². The number of hydrogen-bond acceptors (Lipinski definition) is 3. The highest BCUT2D eigenvalue weighted by molar-refractivity contribution is 6.31. The van der Waals surface area contributed by atoms with Gasteiger partial charge in [0.1, 0.15) is 11.1 Å². The molecule has 0 aliphatic rings. The van der Waals surface area contributed by atoms with E-state index in [0.29, 0.717) is 21.6 Å². The average molecular weight is 299 g/mol. The number of aryl methyl sites for hydroxylation is 1. The van der Waals surface area contributed by atoms with E-state index in [4.69, 9.17) is 16.0 Å². The van der Waals surface area contributed by atoms with Crippen LogP contribution in [0, 0.1) is 6.92 Å². The fraction of sp³-hybridized carbons (Fsp3) is 0.0588. The van der Waals surface area contributed by atoms with E-state index in [9.17, 15) is 9.59 Å². The molecule has 4 heteroatoms. The molecule has 21 heavy (non-hydrogen) atoms. The first kappa shape index (κ1) is 13.6. The van der Waals surface area contributed by atoms with Gasteiger partial charge in [-0.05, 0) is 31.2 Å². The lowest BCUT2D eigenvalue weighted by molar-refractivity contribution is 0.103. The molecule has 3 aromatic rings. The second-order valence-corrected chi connectivity index (χ2v) is 5.26. The van der Waals surface area contributed by atoms with Crippen LogP contribution in [0.2, 0.25) is 5.02 Å². The lowest BCUT2D eigenvalue weighted by atomic mass is 10.0. The highest BCUT2D eigenvalue weighted by atomic mass is 35.5. The van der Waals surface area contributed by atoms with Crippen LogP contribution < -0.4 is 5.63 Å². The van der Waals surface area contributed by atoms with Crippen LogP contribution in [0.4, 0.5) is 0 Å². The third kappa shape index (κ3) is 2.60. The molecular weight excluding hydrogens is 288 g/mol. The summed E-state index contributed by atoms with van der Waals surface area (Å²) in [6.07, 6.45) is 0.